The van der Waals surface area contributed by atoms with Gasteiger partial charge in [0.1, 0.15) is 23.9 Å². The summed E-state index contributed by atoms with van der Waals surface area (Å²) < 4.78 is 0. The zero-order chi connectivity index (χ0) is 30.1. The van der Waals surface area contributed by atoms with Crippen LogP contribution < -0.4 is 21.7 Å². The summed E-state index contributed by atoms with van der Waals surface area (Å²) in [6, 6.07) is 7.94. The van der Waals surface area contributed by atoms with Crippen molar-refractivity contribution in [2.45, 2.75) is 43.4 Å². The predicted molar refractivity (Wildman–Crippen MR) is 151 cm³/mol. The Morgan fingerprint density at radius 1 is 0.829 bits per heavy atom. The number of rotatable bonds is 14. The summed E-state index contributed by atoms with van der Waals surface area (Å²) in [6.45, 7) is 0. The molecule has 0 radical (unpaired) electrons. The van der Waals surface area contributed by atoms with Gasteiger partial charge in [-0.15, -0.1) is 0 Å². The number of nitrogens with two attached hydrogens (primary N) is 1. The Hall–Kier alpha value is -4.56. The number of amides is 3. The number of aromatic nitrogens is 1. The Balaban J connectivity index is 1.83. The molecule has 3 aromatic rings. The van der Waals surface area contributed by atoms with Crippen LogP contribution in [-0.2, 0) is 36.8 Å². The lowest BCUT2D eigenvalue weighted by Gasteiger charge is -2.24. The zero-order valence-corrected chi connectivity index (χ0v) is 22.6. The van der Waals surface area contributed by atoms with E-state index >= 15 is 0 Å². The SMILES string of the molecule is NC(Cc1ccc(O)cc1)C(=O)NC(Cc1c[nH]c2ccccc12)C(=O)NC(CC(=O)O)C(=O)NC(CS)C(=O)O. The van der Waals surface area contributed by atoms with Crippen LogP contribution in [0.1, 0.15) is 17.5 Å². The number of phenolic OH excluding ortho intramolecular Hbond substituents is 1. The Labute approximate surface area is 239 Å². The first-order valence-corrected chi connectivity index (χ1v) is 13.2. The summed E-state index contributed by atoms with van der Waals surface area (Å²) in [6.07, 6.45) is 0.880. The Morgan fingerprint density at radius 3 is 2.07 bits per heavy atom. The minimum Gasteiger partial charge on any atom is -0.508 e. The van der Waals surface area contributed by atoms with Crippen LogP contribution in [0.2, 0.25) is 0 Å². The van der Waals surface area contributed by atoms with Gasteiger partial charge in [-0.3, -0.25) is 19.2 Å². The maximum Gasteiger partial charge on any atom is 0.327 e. The normalized spacial score (nSPS) is 13.9. The number of fused-ring (bicyclic) bond motifs is 1. The number of aromatic hydroxyl groups is 1. The van der Waals surface area contributed by atoms with Crippen molar-refractivity contribution in [3.8, 4) is 5.75 Å². The molecular formula is C27H31N5O8S. The quantitative estimate of drug-likeness (QED) is 0.115. The second-order valence-corrected chi connectivity index (χ2v) is 9.71. The van der Waals surface area contributed by atoms with Crippen LogP contribution in [0, 0.1) is 0 Å². The lowest BCUT2D eigenvalue weighted by molar-refractivity contribution is -0.143. The van der Waals surface area contributed by atoms with Crippen LogP contribution in [0.25, 0.3) is 10.9 Å². The molecule has 0 saturated carbocycles. The number of carbonyl (C=O) groups excluding carboxylic acids is 3. The first kappa shape index (κ1) is 31.0. The number of benzene rings is 2. The number of carboxylic acids is 2. The van der Waals surface area contributed by atoms with Gasteiger partial charge in [-0.2, -0.15) is 12.6 Å². The number of aromatic amines is 1. The Bertz CT molecular complexity index is 1410. The van der Waals surface area contributed by atoms with Gasteiger partial charge in [0.25, 0.3) is 0 Å². The van der Waals surface area contributed by atoms with E-state index in [0.29, 0.717) is 11.1 Å². The average molecular weight is 586 g/mol. The lowest BCUT2D eigenvalue weighted by atomic mass is 10.0. The van der Waals surface area contributed by atoms with Gasteiger partial charge < -0.3 is 42.0 Å². The largest absolute Gasteiger partial charge is 0.508 e. The highest BCUT2D eigenvalue weighted by atomic mass is 32.1. The molecule has 0 saturated heterocycles. The number of thiol groups is 1. The summed E-state index contributed by atoms with van der Waals surface area (Å²) >= 11 is 3.87. The third-order valence-corrected chi connectivity index (χ3v) is 6.63. The van der Waals surface area contributed by atoms with Crippen LogP contribution in [0.5, 0.6) is 5.75 Å². The molecule has 0 spiro atoms. The van der Waals surface area contributed by atoms with E-state index in [1.54, 1.807) is 24.4 Å². The highest BCUT2D eigenvalue weighted by molar-refractivity contribution is 7.80. The van der Waals surface area contributed by atoms with Crippen molar-refractivity contribution in [1.82, 2.24) is 20.9 Å². The van der Waals surface area contributed by atoms with E-state index in [4.69, 9.17) is 5.73 Å². The number of para-hydroxylation sites is 1. The van der Waals surface area contributed by atoms with Gasteiger partial charge in [-0.25, -0.2) is 4.79 Å². The second-order valence-electron chi connectivity index (χ2n) is 9.34. The summed E-state index contributed by atoms with van der Waals surface area (Å²) in [5.74, 6) is -5.63. The van der Waals surface area contributed by atoms with Gasteiger partial charge in [0.05, 0.1) is 12.5 Å². The Morgan fingerprint density at radius 2 is 1.44 bits per heavy atom. The van der Waals surface area contributed by atoms with Crippen LogP contribution in [-0.4, -0.2) is 79.9 Å². The maximum atomic E-state index is 13.4. The molecule has 2 aromatic carbocycles. The van der Waals surface area contributed by atoms with Crippen LogP contribution >= 0.6 is 12.6 Å². The summed E-state index contributed by atoms with van der Waals surface area (Å²) in [5, 5.41) is 35.9. The molecule has 1 heterocycles. The van der Waals surface area contributed by atoms with E-state index < -0.39 is 60.2 Å². The molecule has 13 nitrogen and oxygen atoms in total. The third kappa shape index (κ3) is 8.71. The van der Waals surface area contributed by atoms with E-state index in [1.807, 2.05) is 18.2 Å². The number of carboxylic acid groups (broad SMARTS) is 2. The van der Waals surface area contributed by atoms with Gasteiger partial charge in [0, 0.05) is 29.3 Å². The van der Waals surface area contributed by atoms with Crippen molar-refractivity contribution in [1.29, 1.82) is 0 Å². The summed E-state index contributed by atoms with van der Waals surface area (Å²) in [7, 11) is 0. The number of aliphatic carboxylic acids is 2. The lowest BCUT2D eigenvalue weighted by Crippen LogP contribution is -2.58. The second kappa shape index (κ2) is 14.2. The Kier molecular flexibility index (Phi) is 10.7. The maximum absolute atomic E-state index is 13.4. The van der Waals surface area contributed by atoms with E-state index in [-0.39, 0.29) is 24.3 Å². The van der Waals surface area contributed by atoms with Gasteiger partial charge in [-0.05, 0) is 35.7 Å². The predicted octanol–water partition coefficient (Wildman–Crippen LogP) is -0.0705. The summed E-state index contributed by atoms with van der Waals surface area (Å²) in [4.78, 5) is 65.1. The molecule has 0 aliphatic heterocycles. The monoisotopic (exact) mass is 585 g/mol. The number of carbonyl (C=O) groups is 5. The average Bonchev–Trinajstić information content (AvgIpc) is 3.34. The smallest absolute Gasteiger partial charge is 0.327 e. The molecule has 0 aliphatic carbocycles. The van der Waals surface area contributed by atoms with Crippen molar-refractivity contribution >= 4 is 53.2 Å². The molecule has 4 unspecified atom stereocenters. The molecule has 0 bridgehead atoms. The first-order valence-electron chi connectivity index (χ1n) is 12.5. The van der Waals surface area contributed by atoms with Crippen molar-refractivity contribution < 1.29 is 39.3 Å². The molecule has 0 aliphatic rings. The number of nitrogens with one attached hydrogen (secondary N) is 4. The van der Waals surface area contributed by atoms with Crippen LogP contribution in [0.15, 0.2) is 54.7 Å². The molecular weight excluding hydrogens is 554 g/mol. The molecule has 3 rings (SSSR count). The van der Waals surface area contributed by atoms with Gasteiger partial charge in [0.15, 0.2) is 0 Å². The van der Waals surface area contributed by atoms with Crippen LogP contribution in [0.3, 0.4) is 0 Å². The van der Waals surface area contributed by atoms with Gasteiger partial charge in [-0.1, -0.05) is 30.3 Å². The first-order chi connectivity index (χ1) is 19.5. The van der Waals surface area contributed by atoms with Crippen molar-refractivity contribution in [2.75, 3.05) is 5.75 Å². The van der Waals surface area contributed by atoms with Gasteiger partial charge >= 0.3 is 11.9 Å². The number of H-pyrrole nitrogens is 1. The minimum absolute atomic E-state index is 0.0384. The standard InChI is InChI=1S/C27H31N5O8S/c28-18(9-14-5-7-16(33)8-6-14)24(36)30-20(10-15-12-29-19-4-2-1-3-17(15)19)25(37)31-21(11-23(34)35)26(38)32-22(13-41)27(39)40/h1-8,12,18,20-22,29,33,41H,9-11,13,28H2,(H,30,36)(H,31,37)(H,32,38)(H,34,35)(H,39,40). The van der Waals surface area contributed by atoms with E-state index in [9.17, 15) is 39.3 Å². The zero-order valence-electron chi connectivity index (χ0n) is 21.7. The number of hydrogen-bond acceptors (Lipinski definition) is 8. The molecule has 4 atom stereocenters. The molecule has 9 N–H and O–H groups in total. The number of hydrogen-bond donors (Lipinski definition) is 9. The van der Waals surface area contributed by atoms with E-state index in [2.05, 4.69) is 33.6 Å². The van der Waals surface area contributed by atoms with Gasteiger partial charge in [0.2, 0.25) is 17.7 Å². The van der Waals surface area contributed by atoms with Crippen molar-refractivity contribution in [3.05, 3.63) is 65.9 Å². The summed E-state index contributed by atoms with van der Waals surface area (Å²) in [5.41, 5.74) is 8.21. The van der Waals surface area contributed by atoms with Crippen molar-refractivity contribution in [3.63, 3.8) is 0 Å². The highest BCUT2D eigenvalue weighted by Crippen LogP contribution is 2.19. The molecule has 14 heteroatoms. The topological polar surface area (TPSA) is 224 Å². The van der Waals surface area contributed by atoms with Crippen LogP contribution in [0.4, 0.5) is 0 Å². The molecule has 218 valence electrons. The fourth-order valence-corrected chi connectivity index (χ4v) is 4.35. The van der Waals surface area contributed by atoms with Crippen molar-refractivity contribution in [2.24, 2.45) is 5.73 Å². The number of phenols is 1. The minimum atomic E-state index is -1.64. The van der Waals surface area contributed by atoms with E-state index in [1.165, 1.54) is 12.1 Å². The van der Waals surface area contributed by atoms with E-state index in [0.717, 1.165) is 10.9 Å². The molecule has 0 fully saturated rings. The fraction of sp³-hybridized carbons (Fsp3) is 0.296. The fourth-order valence-electron chi connectivity index (χ4n) is 4.10. The third-order valence-electron chi connectivity index (χ3n) is 6.27. The molecule has 1 aromatic heterocycles. The molecule has 41 heavy (non-hydrogen) atoms. The molecule has 3 amide bonds. The highest BCUT2D eigenvalue weighted by Gasteiger charge is 2.32.